The normalized spacial score (nSPS) is 16.2. The van der Waals surface area contributed by atoms with E-state index in [1.807, 2.05) is 18.3 Å². The molecule has 0 unspecified atom stereocenters. The van der Waals surface area contributed by atoms with Crippen molar-refractivity contribution in [2.45, 2.75) is 25.2 Å². The molecule has 2 heterocycles. The fourth-order valence-corrected chi connectivity index (χ4v) is 2.10. The number of anilines is 1. The number of rotatable bonds is 2. The third-order valence-electron chi connectivity index (χ3n) is 3.28. The average Bonchev–Trinajstić information content (AvgIpc) is 3.03. The number of fused-ring (bicyclic) bond motifs is 1. The Bertz CT molecular complexity index is 676. The number of hydrogen-bond donors (Lipinski definition) is 1. The van der Waals surface area contributed by atoms with Crippen molar-refractivity contribution in [1.82, 2.24) is 9.61 Å². The summed E-state index contributed by atoms with van der Waals surface area (Å²) in [6.45, 7) is 1.45. The van der Waals surface area contributed by atoms with E-state index in [4.69, 9.17) is 5.26 Å². The Kier molecular flexibility index (Phi) is 2.14. The van der Waals surface area contributed by atoms with Crippen LogP contribution in [-0.2, 0) is 10.2 Å². The van der Waals surface area contributed by atoms with Crippen LogP contribution >= 0.6 is 0 Å². The van der Waals surface area contributed by atoms with Gasteiger partial charge in [0.2, 0.25) is 5.91 Å². The molecule has 1 aliphatic rings. The van der Waals surface area contributed by atoms with E-state index in [-0.39, 0.29) is 11.3 Å². The number of hydrogen-bond acceptors (Lipinski definition) is 3. The lowest BCUT2D eigenvalue weighted by molar-refractivity contribution is -0.114. The third-order valence-corrected chi connectivity index (χ3v) is 3.28. The molecule has 0 atom stereocenters. The van der Waals surface area contributed by atoms with Crippen LogP contribution < -0.4 is 5.32 Å². The molecule has 0 aromatic carbocycles. The van der Waals surface area contributed by atoms with Crippen molar-refractivity contribution in [3.05, 3.63) is 30.0 Å². The van der Waals surface area contributed by atoms with Crippen LogP contribution in [0.4, 0.5) is 5.82 Å². The monoisotopic (exact) mass is 240 g/mol. The zero-order valence-corrected chi connectivity index (χ0v) is 9.97. The van der Waals surface area contributed by atoms with Gasteiger partial charge in [0, 0.05) is 19.2 Å². The van der Waals surface area contributed by atoms with Gasteiger partial charge >= 0.3 is 0 Å². The second kappa shape index (κ2) is 3.57. The molecule has 1 aliphatic carbocycles. The van der Waals surface area contributed by atoms with Crippen molar-refractivity contribution in [3.63, 3.8) is 0 Å². The second-order valence-corrected chi connectivity index (χ2v) is 4.69. The largest absolute Gasteiger partial charge is 0.309 e. The molecule has 1 fully saturated rings. The van der Waals surface area contributed by atoms with Gasteiger partial charge in [0.15, 0.2) is 5.82 Å². The first-order valence-electron chi connectivity index (χ1n) is 5.82. The van der Waals surface area contributed by atoms with Gasteiger partial charge in [0.05, 0.1) is 17.0 Å². The minimum absolute atomic E-state index is 0.144. The van der Waals surface area contributed by atoms with E-state index < -0.39 is 0 Å². The van der Waals surface area contributed by atoms with Crippen molar-refractivity contribution in [2.75, 3.05) is 5.32 Å². The van der Waals surface area contributed by atoms with Crippen LogP contribution in [0.1, 0.15) is 25.3 Å². The molecular weight excluding hydrogens is 228 g/mol. The van der Waals surface area contributed by atoms with Crippen LogP contribution in [0.3, 0.4) is 0 Å². The summed E-state index contributed by atoms with van der Waals surface area (Å²) < 4.78 is 1.71. The molecule has 0 saturated heterocycles. The maximum absolute atomic E-state index is 11.0. The molecule has 0 bridgehead atoms. The highest BCUT2D eigenvalue weighted by molar-refractivity contribution is 5.88. The number of nitriles is 1. The molecule has 18 heavy (non-hydrogen) atoms. The Morgan fingerprint density at radius 1 is 1.56 bits per heavy atom. The Balaban J connectivity index is 2.02. The topological polar surface area (TPSA) is 70.2 Å². The summed E-state index contributed by atoms with van der Waals surface area (Å²) >= 11 is 0. The highest BCUT2D eigenvalue weighted by Crippen LogP contribution is 2.47. The summed E-state index contributed by atoms with van der Waals surface area (Å²) in [6.07, 6.45) is 3.69. The Morgan fingerprint density at radius 2 is 2.33 bits per heavy atom. The van der Waals surface area contributed by atoms with Gasteiger partial charge in [-0.1, -0.05) is 6.07 Å². The van der Waals surface area contributed by atoms with Gasteiger partial charge in [-0.2, -0.15) is 10.4 Å². The number of pyridine rings is 1. The summed E-state index contributed by atoms with van der Waals surface area (Å²) in [6, 6.07) is 8.05. The lowest BCUT2D eigenvalue weighted by atomic mass is 10.00. The maximum Gasteiger partial charge on any atom is 0.222 e. The summed E-state index contributed by atoms with van der Waals surface area (Å²) in [5.74, 6) is 0.385. The molecule has 2 aromatic rings. The first-order valence-corrected chi connectivity index (χ1v) is 5.82. The second-order valence-electron chi connectivity index (χ2n) is 4.69. The molecule has 1 saturated carbocycles. The predicted molar refractivity (Wildman–Crippen MR) is 66.0 cm³/mol. The number of nitrogens with zero attached hydrogens (tertiary/aromatic N) is 3. The van der Waals surface area contributed by atoms with Gasteiger partial charge in [-0.25, -0.2) is 4.52 Å². The fraction of sp³-hybridized carbons (Fsp3) is 0.308. The molecule has 1 N–H and O–H groups in total. The van der Waals surface area contributed by atoms with Crippen molar-refractivity contribution < 1.29 is 4.79 Å². The molecule has 0 spiro atoms. The minimum atomic E-state index is -0.311. The zero-order valence-electron chi connectivity index (χ0n) is 9.97. The van der Waals surface area contributed by atoms with Crippen LogP contribution in [0.15, 0.2) is 24.4 Å². The van der Waals surface area contributed by atoms with Crippen LogP contribution in [0.25, 0.3) is 5.52 Å². The summed E-state index contributed by atoms with van der Waals surface area (Å²) in [7, 11) is 0. The van der Waals surface area contributed by atoms with Gasteiger partial charge in [-0.3, -0.25) is 4.79 Å². The van der Waals surface area contributed by atoms with Crippen LogP contribution in [0.2, 0.25) is 0 Å². The summed E-state index contributed by atoms with van der Waals surface area (Å²) in [5, 5.41) is 16.1. The van der Waals surface area contributed by atoms with E-state index in [9.17, 15) is 4.79 Å². The first kappa shape index (κ1) is 10.8. The fourth-order valence-electron chi connectivity index (χ4n) is 2.10. The van der Waals surface area contributed by atoms with Crippen LogP contribution in [-0.4, -0.2) is 15.5 Å². The van der Waals surface area contributed by atoms with Crippen molar-refractivity contribution >= 4 is 17.2 Å². The standard InChI is InChI=1S/C13H12N4O/c1-9(18)15-12-6-11-3-2-10(7-17(11)16-12)13(8-14)4-5-13/h2-3,6-7H,4-5H2,1H3,(H,15,16,18). The third kappa shape index (κ3) is 1.63. The molecule has 3 rings (SSSR count). The number of carbonyl (C=O) groups is 1. The highest BCUT2D eigenvalue weighted by Gasteiger charge is 2.45. The van der Waals surface area contributed by atoms with Crippen LogP contribution in [0, 0.1) is 11.3 Å². The van der Waals surface area contributed by atoms with Gasteiger partial charge in [0.1, 0.15) is 0 Å². The van der Waals surface area contributed by atoms with Crippen molar-refractivity contribution in [3.8, 4) is 6.07 Å². The molecule has 5 nitrogen and oxygen atoms in total. The van der Waals surface area contributed by atoms with Gasteiger partial charge < -0.3 is 5.32 Å². The summed E-state index contributed by atoms with van der Waals surface area (Å²) in [4.78, 5) is 11.0. The molecule has 0 aliphatic heterocycles. The molecule has 1 amide bonds. The number of amides is 1. The average molecular weight is 240 g/mol. The van der Waals surface area contributed by atoms with Gasteiger partial charge in [-0.05, 0) is 24.5 Å². The van der Waals surface area contributed by atoms with Crippen molar-refractivity contribution in [1.29, 1.82) is 5.26 Å². The molecule has 0 radical (unpaired) electrons. The highest BCUT2D eigenvalue weighted by atomic mass is 16.1. The van der Waals surface area contributed by atoms with E-state index in [0.717, 1.165) is 23.9 Å². The lowest BCUT2D eigenvalue weighted by Crippen LogP contribution is -2.06. The summed E-state index contributed by atoms with van der Waals surface area (Å²) in [5.41, 5.74) is 1.58. The predicted octanol–water partition coefficient (Wildman–Crippen LogP) is 1.85. The molecule has 5 heteroatoms. The van der Waals surface area contributed by atoms with E-state index in [2.05, 4.69) is 16.5 Å². The number of nitrogens with one attached hydrogen (secondary N) is 1. The quantitative estimate of drug-likeness (QED) is 0.870. The van der Waals surface area contributed by atoms with E-state index in [0.29, 0.717) is 5.82 Å². The lowest BCUT2D eigenvalue weighted by Gasteiger charge is -2.05. The zero-order chi connectivity index (χ0) is 12.8. The first-order chi connectivity index (χ1) is 8.63. The molecule has 2 aromatic heterocycles. The van der Waals surface area contributed by atoms with Gasteiger partial charge in [-0.15, -0.1) is 0 Å². The van der Waals surface area contributed by atoms with E-state index in [1.54, 1.807) is 10.6 Å². The molecular formula is C13H12N4O. The van der Waals surface area contributed by atoms with Crippen molar-refractivity contribution in [2.24, 2.45) is 0 Å². The number of aromatic nitrogens is 2. The number of carbonyl (C=O) groups excluding carboxylic acids is 1. The smallest absolute Gasteiger partial charge is 0.222 e. The SMILES string of the molecule is CC(=O)Nc1cc2ccc(C3(C#N)CC3)cn2n1. The Morgan fingerprint density at radius 3 is 2.94 bits per heavy atom. The van der Waals surface area contributed by atoms with E-state index >= 15 is 0 Å². The minimum Gasteiger partial charge on any atom is -0.309 e. The Hall–Kier alpha value is -2.35. The van der Waals surface area contributed by atoms with E-state index in [1.165, 1.54) is 6.92 Å². The molecule has 90 valence electrons. The Labute approximate surface area is 104 Å². The maximum atomic E-state index is 11.0. The van der Waals surface area contributed by atoms with Crippen LogP contribution in [0.5, 0.6) is 0 Å². The van der Waals surface area contributed by atoms with Gasteiger partial charge in [0.25, 0.3) is 0 Å².